The van der Waals surface area contributed by atoms with Crippen LogP contribution in [0.5, 0.6) is 0 Å². The number of rotatable bonds is 1. The van der Waals surface area contributed by atoms with Gasteiger partial charge in [0.15, 0.2) is 5.83 Å². The van der Waals surface area contributed by atoms with Crippen LogP contribution in [-0.2, 0) is 19.2 Å². The van der Waals surface area contributed by atoms with Gasteiger partial charge >= 0.3 is 0 Å². The van der Waals surface area contributed by atoms with Crippen molar-refractivity contribution in [3.8, 4) is 0 Å². The van der Waals surface area contributed by atoms with Gasteiger partial charge in [-0.25, -0.2) is 4.39 Å². The zero-order valence-corrected chi connectivity index (χ0v) is 10.4. The maximum absolute atomic E-state index is 13.3. The second-order valence-corrected chi connectivity index (χ2v) is 4.99. The first-order chi connectivity index (χ1) is 9.49. The monoisotopic (exact) mass is 278 g/mol. The van der Waals surface area contributed by atoms with Gasteiger partial charge in [-0.1, -0.05) is 6.08 Å². The number of ketones is 1. The largest absolute Gasteiger partial charge is 0.326 e. The van der Waals surface area contributed by atoms with E-state index < -0.39 is 35.4 Å². The highest BCUT2D eigenvalue weighted by atomic mass is 19.1. The van der Waals surface area contributed by atoms with Gasteiger partial charge in [-0.05, 0) is 18.1 Å². The van der Waals surface area contributed by atoms with Crippen molar-refractivity contribution in [2.24, 2.45) is 5.92 Å². The lowest BCUT2D eigenvalue weighted by atomic mass is 9.92. The minimum absolute atomic E-state index is 0.116. The third kappa shape index (κ3) is 1.77. The number of fused-ring (bicyclic) bond motifs is 1. The molecule has 104 valence electrons. The summed E-state index contributed by atoms with van der Waals surface area (Å²) in [6, 6.07) is -0.775. The van der Waals surface area contributed by atoms with E-state index in [1.807, 2.05) is 0 Å². The van der Waals surface area contributed by atoms with Crippen LogP contribution in [0.1, 0.15) is 12.8 Å². The van der Waals surface area contributed by atoms with Gasteiger partial charge in [0.1, 0.15) is 12.0 Å². The second kappa shape index (κ2) is 4.36. The SMILES string of the molecule is O=C1CCC(N2CC3=CC=C(F)C(=O)C3C2=O)C(=O)N1. The molecule has 2 unspecified atom stereocenters. The molecule has 0 spiro atoms. The zero-order chi connectivity index (χ0) is 14.4. The van der Waals surface area contributed by atoms with E-state index in [4.69, 9.17) is 0 Å². The Bertz CT molecular complexity index is 607. The predicted octanol–water partition coefficient (Wildman–Crippen LogP) is -0.388. The first kappa shape index (κ1) is 12.7. The quantitative estimate of drug-likeness (QED) is 0.523. The number of likely N-dealkylation sites (tertiary alicyclic amines) is 1. The fraction of sp³-hybridized carbons (Fsp3) is 0.385. The van der Waals surface area contributed by atoms with Crippen molar-refractivity contribution in [3.05, 3.63) is 23.6 Å². The number of piperidine rings is 1. The summed E-state index contributed by atoms with van der Waals surface area (Å²) < 4.78 is 13.3. The van der Waals surface area contributed by atoms with Crippen molar-refractivity contribution in [2.75, 3.05) is 6.54 Å². The number of carbonyl (C=O) groups excluding carboxylic acids is 4. The molecule has 1 N–H and O–H groups in total. The van der Waals surface area contributed by atoms with E-state index in [0.717, 1.165) is 6.08 Å². The average Bonchev–Trinajstić information content (AvgIpc) is 2.72. The number of hydrogen-bond acceptors (Lipinski definition) is 4. The third-order valence-corrected chi connectivity index (χ3v) is 3.78. The Hall–Kier alpha value is -2.31. The summed E-state index contributed by atoms with van der Waals surface area (Å²) in [4.78, 5) is 48.0. The van der Waals surface area contributed by atoms with E-state index in [0.29, 0.717) is 5.57 Å². The number of Topliss-reactive ketones (excluding diaryl/α,β-unsaturated/α-hetero) is 1. The summed E-state index contributed by atoms with van der Waals surface area (Å²) in [7, 11) is 0. The van der Waals surface area contributed by atoms with Crippen molar-refractivity contribution in [3.63, 3.8) is 0 Å². The number of allylic oxidation sites excluding steroid dienone is 3. The number of amides is 3. The molecule has 20 heavy (non-hydrogen) atoms. The summed E-state index contributed by atoms with van der Waals surface area (Å²) in [6.07, 6.45) is 2.81. The molecule has 0 aromatic heterocycles. The molecular weight excluding hydrogens is 267 g/mol. The molecule has 2 atom stereocenters. The van der Waals surface area contributed by atoms with Crippen molar-refractivity contribution < 1.29 is 23.6 Å². The van der Waals surface area contributed by atoms with Crippen molar-refractivity contribution >= 4 is 23.5 Å². The van der Waals surface area contributed by atoms with Crippen LogP contribution in [0.25, 0.3) is 0 Å². The Labute approximate surface area is 113 Å². The summed E-state index contributed by atoms with van der Waals surface area (Å²) >= 11 is 0. The Balaban J connectivity index is 1.85. The van der Waals surface area contributed by atoms with Crippen LogP contribution in [-0.4, -0.2) is 41.0 Å². The lowest BCUT2D eigenvalue weighted by molar-refractivity contribution is -0.146. The molecule has 0 aromatic carbocycles. The molecule has 2 aliphatic heterocycles. The smallest absolute Gasteiger partial charge is 0.249 e. The standard InChI is InChI=1S/C13H11FN2O4/c14-7-2-1-6-5-16(13(20)10(6)11(7)18)8-3-4-9(17)15-12(8)19/h1-2,8,10H,3-5H2,(H,15,17,19). The molecule has 2 heterocycles. The minimum atomic E-state index is -1.15. The molecule has 3 amide bonds. The molecule has 2 saturated heterocycles. The first-order valence-electron chi connectivity index (χ1n) is 6.23. The summed E-state index contributed by atoms with van der Waals surface area (Å²) in [5.74, 6) is -4.45. The predicted molar refractivity (Wildman–Crippen MR) is 63.7 cm³/mol. The maximum atomic E-state index is 13.3. The zero-order valence-electron chi connectivity index (χ0n) is 10.4. The van der Waals surface area contributed by atoms with E-state index in [9.17, 15) is 23.6 Å². The molecule has 0 bridgehead atoms. The van der Waals surface area contributed by atoms with E-state index in [2.05, 4.69) is 5.32 Å². The third-order valence-electron chi connectivity index (χ3n) is 3.78. The number of nitrogens with one attached hydrogen (secondary N) is 1. The number of imide groups is 1. The molecular formula is C13H11FN2O4. The van der Waals surface area contributed by atoms with Gasteiger partial charge in [-0.3, -0.25) is 24.5 Å². The lowest BCUT2D eigenvalue weighted by Crippen LogP contribution is -2.53. The van der Waals surface area contributed by atoms with Crippen LogP contribution in [0, 0.1) is 5.92 Å². The van der Waals surface area contributed by atoms with E-state index in [1.165, 1.54) is 11.0 Å². The van der Waals surface area contributed by atoms with Crippen molar-refractivity contribution in [1.29, 1.82) is 0 Å². The van der Waals surface area contributed by atoms with Gasteiger partial charge < -0.3 is 4.90 Å². The van der Waals surface area contributed by atoms with Gasteiger partial charge in [0, 0.05) is 13.0 Å². The molecule has 0 aromatic rings. The topological polar surface area (TPSA) is 83.6 Å². The molecule has 6 nitrogen and oxygen atoms in total. The highest BCUT2D eigenvalue weighted by Crippen LogP contribution is 2.33. The fourth-order valence-corrected chi connectivity index (χ4v) is 2.76. The molecule has 2 fully saturated rings. The number of hydrogen-bond donors (Lipinski definition) is 1. The highest BCUT2D eigenvalue weighted by Gasteiger charge is 2.47. The van der Waals surface area contributed by atoms with Gasteiger partial charge in [-0.15, -0.1) is 0 Å². The normalized spacial score (nSPS) is 29.9. The maximum Gasteiger partial charge on any atom is 0.249 e. The Kier molecular flexibility index (Phi) is 2.77. The molecule has 3 rings (SSSR count). The van der Waals surface area contributed by atoms with Crippen LogP contribution in [0.4, 0.5) is 4.39 Å². The fourth-order valence-electron chi connectivity index (χ4n) is 2.76. The van der Waals surface area contributed by atoms with E-state index >= 15 is 0 Å². The number of carbonyl (C=O) groups is 4. The Morgan fingerprint density at radius 1 is 1.20 bits per heavy atom. The summed E-state index contributed by atoms with van der Waals surface area (Å²) in [6.45, 7) is 0.116. The molecule has 7 heteroatoms. The van der Waals surface area contributed by atoms with E-state index in [-0.39, 0.29) is 25.3 Å². The molecule has 1 aliphatic carbocycles. The summed E-state index contributed by atoms with van der Waals surface area (Å²) in [5.41, 5.74) is 0.492. The molecule has 0 saturated carbocycles. The van der Waals surface area contributed by atoms with Gasteiger partial charge in [0.2, 0.25) is 23.5 Å². The van der Waals surface area contributed by atoms with Gasteiger partial charge in [-0.2, -0.15) is 0 Å². The van der Waals surface area contributed by atoms with Crippen LogP contribution >= 0.6 is 0 Å². The average molecular weight is 278 g/mol. The Morgan fingerprint density at radius 3 is 2.65 bits per heavy atom. The van der Waals surface area contributed by atoms with Gasteiger partial charge in [0.05, 0.1) is 0 Å². The number of nitrogens with zero attached hydrogens (tertiary/aromatic N) is 1. The summed E-state index contributed by atoms with van der Waals surface area (Å²) in [5, 5.41) is 2.16. The Morgan fingerprint density at radius 2 is 1.95 bits per heavy atom. The second-order valence-electron chi connectivity index (χ2n) is 4.99. The van der Waals surface area contributed by atoms with Crippen LogP contribution in [0.2, 0.25) is 0 Å². The lowest BCUT2D eigenvalue weighted by Gasteiger charge is -2.29. The highest BCUT2D eigenvalue weighted by molar-refractivity contribution is 6.14. The van der Waals surface area contributed by atoms with Crippen molar-refractivity contribution in [1.82, 2.24) is 10.2 Å². The van der Waals surface area contributed by atoms with E-state index in [1.54, 1.807) is 0 Å². The first-order valence-corrected chi connectivity index (χ1v) is 6.23. The molecule has 0 radical (unpaired) electrons. The van der Waals surface area contributed by atoms with Crippen LogP contribution in [0.15, 0.2) is 23.6 Å². The van der Waals surface area contributed by atoms with Crippen LogP contribution in [0.3, 0.4) is 0 Å². The van der Waals surface area contributed by atoms with Gasteiger partial charge in [0.25, 0.3) is 0 Å². The van der Waals surface area contributed by atoms with Crippen molar-refractivity contribution in [2.45, 2.75) is 18.9 Å². The molecule has 3 aliphatic rings. The van der Waals surface area contributed by atoms with Crippen LogP contribution < -0.4 is 5.32 Å². The number of halogens is 1. The minimum Gasteiger partial charge on any atom is -0.326 e.